The fourth-order valence-corrected chi connectivity index (χ4v) is 3.86. The topological polar surface area (TPSA) is 62.1 Å². The maximum atomic E-state index is 12.7. The van der Waals surface area contributed by atoms with Crippen molar-refractivity contribution in [1.29, 1.82) is 5.26 Å². The third-order valence-corrected chi connectivity index (χ3v) is 5.90. The lowest BCUT2D eigenvalue weighted by molar-refractivity contribution is -0.112. The molecule has 1 N–H and O–H groups in total. The van der Waals surface area contributed by atoms with E-state index in [0.717, 1.165) is 39.1 Å². The van der Waals surface area contributed by atoms with Gasteiger partial charge in [-0.05, 0) is 91.9 Å². The molecule has 0 aliphatic carbocycles. The van der Waals surface area contributed by atoms with Crippen molar-refractivity contribution in [1.82, 2.24) is 0 Å². The van der Waals surface area contributed by atoms with E-state index in [2.05, 4.69) is 5.32 Å². The fourth-order valence-electron chi connectivity index (χ4n) is 3.54. The Morgan fingerprint density at radius 1 is 0.970 bits per heavy atom. The summed E-state index contributed by atoms with van der Waals surface area (Å²) in [7, 11) is 0. The van der Waals surface area contributed by atoms with Crippen LogP contribution in [0.5, 0.6) is 5.75 Å². The molecule has 0 aliphatic heterocycles. The van der Waals surface area contributed by atoms with Crippen molar-refractivity contribution >= 4 is 40.9 Å². The molecule has 0 atom stereocenters. The number of hydrogen-bond acceptors (Lipinski definition) is 3. The minimum atomic E-state index is -0.445. The van der Waals surface area contributed by atoms with Crippen LogP contribution in [0.3, 0.4) is 0 Å². The molecule has 1 amide bonds. The Morgan fingerprint density at radius 3 is 2.27 bits per heavy atom. The van der Waals surface area contributed by atoms with Crippen molar-refractivity contribution in [2.24, 2.45) is 0 Å². The smallest absolute Gasteiger partial charge is 0.266 e. The molecule has 0 aromatic heterocycles. The molecule has 0 spiro atoms. The lowest BCUT2D eigenvalue weighted by atomic mass is 10.0. The van der Waals surface area contributed by atoms with Gasteiger partial charge in [0.25, 0.3) is 5.91 Å². The molecule has 0 saturated carbocycles. The first-order valence-corrected chi connectivity index (χ1v) is 11.1. The van der Waals surface area contributed by atoms with Crippen LogP contribution in [-0.2, 0) is 11.4 Å². The molecule has 6 heteroatoms. The predicted molar refractivity (Wildman–Crippen MR) is 135 cm³/mol. The number of nitriles is 1. The zero-order valence-electron chi connectivity index (χ0n) is 18.9. The van der Waals surface area contributed by atoms with Crippen molar-refractivity contribution in [3.05, 3.63) is 97.5 Å². The highest BCUT2D eigenvalue weighted by Crippen LogP contribution is 2.28. The van der Waals surface area contributed by atoms with Crippen LogP contribution in [0, 0.1) is 39.0 Å². The van der Waals surface area contributed by atoms with E-state index in [0.29, 0.717) is 22.3 Å². The second-order valence-corrected chi connectivity index (χ2v) is 8.78. The molecule has 3 rings (SSSR count). The lowest BCUT2D eigenvalue weighted by Gasteiger charge is -2.14. The van der Waals surface area contributed by atoms with Gasteiger partial charge in [-0.3, -0.25) is 4.79 Å². The van der Waals surface area contributed by atoms with Crippen molar-refractivity contribution in [3.8, 4) is 11.8 Å². The van der Waals surface area contributed by atoms with E-state index in [1.807, 2.05) is 70.2 Å². The van der Waals surface area contributed by atoms with E-state index in [-0.39, 0.29) is 5.57 Å². The molecule has 0 bridgehead atoms. The minimum absolute atomic E-state index is 0.0262. The molecule has 0 heterocycles. The summed E-state index contributed by atoms with van der Waals surface area (Å²) in [5.74, 6) is 0.302. The first-order chi connectivity index (χ1) is 15.7. The van der Waals surface area contributed by atoms with Crippen LogP contribution in [0.15, 0.2) is 54.1 Å². The Morgan fingerprint density at radius 2 is 1.67 bits per heavy atom. The van der Waals surface area contributed by atoms with E-state index >= 15 is 0 Å². The SMILES string of the molecule is Cc1ccc(NC(=O)/C(C#N)=C/c2cc(C)c(OCc3ccc(Cl)c(Cl)c3)c(C)c2)c(C)c1. The van der Waals surface area contributed by atoms with Crippen LogP contribution in [0.4, 0.5) is 5.69 Å². The number of rotatable bonds is 6. The largest absolute Gasteiger partial charge is 0.488 e. The van der Waals surface area contributed by atoms with Crippen LogP contribution in [0.1, 0.15) is 33.4 Å². The number of nitrogens with zero attached hydrogens (tertiary/aromatic N) is 1. The highest BCUT2D eigenvalue weighted by atomic mass is 35.5. The summed E-state index contributed by atoms with van der Waals surface area (Å²) >= 11 is 12.1. The van der Waals surface area contributed by atoms with Gasteiger partial charge in [0.15, 0.2) is 0 Å². The van der Waals surface area contributed by atoms with Gasteiger partial charge in [-0.1, -0.05) is 47.0 Å². The molecule has 0 fully saturated rings. The molecular weight excluding hydrogens is 455 g/mol. The summed E-state index contributed by atoms with van der Waals surface area (Å²) in [6, 6.07) is 16.9. The average molecular weight is 479 g/mol. The molecule has 0 aliphatic rings. The molecule has 0 radical (unpaired) electrons. The van der Waals surface area contributed by atoms with Crippen LogP contribution in [0.2, 0.25) is 10.0 Å². The zero-order valence-corrected chi connectivity index (χ0v) is 20.4. The number of hydrogen-bond donors (Lipinski definition) is 1. The van der Waals surface area contributed by atoms with Gasteiger partial charge in [-0.15, -0.1) is 0 Å². The van der Waals surface area contributed by atoms with E-state index in [1.165, 1.54) is 0 Å². The van der Waals surface area contributed by atoms with Crippen molar-refractivity contribution in [2.45, 2.75) is 34.3 Å². The van der Waals surface area contributed by atoms with E-state index in [9.17, 15) is 10.1 Å². The second-order valence-electron chi connectivity index (χ2n) is 7.96. The first kappa shape index (κ1) is 24.4. The van der Waals surface area contributed by atoms with Crippen LogP contribution in [-0.4, -0.2) is 5.91 Å². The molecule has 0 saturated heterocycles. The van der Waals surface area contributed by atoms with Crippen molar-refractivity contribution in [2.75, 3.05) is 5.32 Å². The van der Waals surface area contributed by atoms with Gasteiger partial charge in [0.2, 0.25) is 0 Å². The summed E-state index contributed by atoms with van der Waals surface area (Å²) in [5.41, 5.74) is 6.20. The van der Waals surface area contributed by atoms with E-state index < -0.39 is 5.91 Å². The normalized spacial score (nSPS) is 11.1. The average Bonchev–Trinajstić information content (AvgIpc) is 2.75. The van der Waals surface area contributed by atoms with Gasteiger partial charge in [0, 0.05) is 5.69 Å². The first-order valence-electron chi connectivity index (χ1n) is 10.4. The summed E-state index contributed by atoms with van der Waals surface area (Å²) in [6.07, 6.45) is 1.58. The Labute approximate surface area is 204 Å². The summed E-state index contributed by atoms with van der Waals surface area (Å²) in [5, 5.41) is 13.4. The maximum absolute atomic E-state index is 12.7. The molecule has 33 heavy (non-hydrogen) atoms. The molecule has 168 valence electrons. The fraction of sp³-hybridized carbons (Fsp3) is 0.185. The number of anilines is 1. The minimum Gasteiger partial charge on any atom is -0.488 e. The van der Waals surface area contributed by atoms with E-state index in [4.69, 9.17) is 27.9 Å². The Hall–Kier alpha value is -3.26. The summed E-state index contributed by atoms with van der Waals surface area (Å²) in [6.45, 7) is 8.10. The third-order valence-electron chi connectivity index (χ3n) is 5.16. The van der Waals surface area contributed by atoms with Crippen LogP contribution < -0.4 is 10.1 Å². The third kappa shape index (κ3) is 6.16. The van der Waals surface area contributed by atoms with Crippen molar-refractivity contribution in [3.63, 3.8) is 0 Å². The number of nitrogens with one attached hydrogen (secondary N) is 1. The Bertz CT molecular complexity index is 1270. The van der Waals surface area contributed by atoms with Gasteiger partial charge in [-0.25, -0.2) is 0 Å². The monoisotopic (exact) mass is 478 g/mol. The van der Waals surface area contributed by atoms with Gasteiger partial charge in [-0.2, -0.15) is 5.26 Å². The molecule has 4 nitrogen and oxygen atoms in total. The molecule has 3 aromatic carbocycles. The van der Waals surface area contributed by atoms with E-state index in [1.54, 1.807) is 18.2 Å². The number of ether oxygens (including phenoxy) is 1. The molecule has 0 unspecified atom stereocenters. The number of halogens is 2. The Balaban J connectivity index is 1.78. The van der Waals surface area contributed by atoms with Crippen LogP contribution in [0.25, 0.3) is 6.08 Å². The van der Waals surface area contributed by atoms with Gasteiger partial charge in [0.05, 0.1) is 10.0 Å². The van der Waals surface area contributed by atoms with Crippen molar-refractivity contribution < 1.29 is 9.53 Å². The van der Waals surface area contributed by atoms with Gasteiger partial charge in [0.1, 0.15) is 24.0 Å². The maximum Gasteiger partial charge on any atom is 0.266 e. The van der Waals surface area contributed by atoms with Crippen LogP contribution >= 0.6 is 23.2 Å². The number of aryl methyl sites for hydroxylation is 4. The number of amides is 1. The zero-order chi connectivity index (χ0) is 24.1. The highest BCUT2D eigenvalue weighted by molar-refractivity contribution is 6.42. The summed E-state index contributed by atoms with van der Waals surface area (Å²) in [4.78, 5) is 12.7. The standard InChI is InChI=1S/C27H24Cl2N2O2/c1-16-5-8-25(17(2)9-16)31-27(32)22(14-30)12-21-10-18(3)26(19(4)11-21)33-15-20-6-7-23(28)24(29)13-20/h5-13H,15H2,1-4H3,(H,31,32)/b22-12+. The van der Waals surface area contributed by atoms with Gasteiger partial charge < -0.3 is 10.1 Å². The predicted octanol–water partition coefficient (Wildman–Crippen LogP) is 7.35. The number of carbonyl (C=O) groups excluding carboxylic acids is 1. The number of benzene rings is 3. The second kappa shape index (κ2) is 10.6. The molecule has 3 aromatic rings. The summed E-state index contributed by atoms with van der Waals surface area (Å²) < 4.78 is 6.02. The van der Waals surface area contributed by atoms with Gasteiger partial charge >= 0.3 is 0 Å². The highest BCUT2D eigenvalue weighted by Gasteiger charge is 2.13. The Kier molecular flexibility index (Phi) is 7.81. The number of carbonyl (C=O) groups is 1. The lowest BCUT2D eigenvalue weighted by Crippen LogP contribution is -2.14. The quantitative estimate of drug-likeness (QED) is 0.297. The molecular formula is C27H24Cl2N2O2.